The molecule has 52 valence electrons. The molecule has 1 amide bonds. The number of allylic oxidation sites excluding steroid dienone is 1. The van der Waals surface area contributed by atoms with Gasteiger partial charge in [-0.3, -0.25) is 4.79 Å². The van der Waals surface area contributed by atoms with E-state index in [2.05, 4.69) is 6.92 Å². The second kappa shape index (κ2) is 4.13. The summed E-state index contributed by atoms with van der Waals surface area (Å²) < 4.78 is 0. The second-order valence-electron chi connectivity index (χ2n) is 2.14. The van der Waals surface area contributed by atoms with Gasteiger partial charge in [-0.1, -0.05) is 18.9 Å². The SMILES string of the molecule is CCC/C(C)=C/C(N)=O. The van der Waals surface area contributed by atoms with Gasteiger partial charge in [0.1, 0.15) is 0 Å². The van der Waals surface area contributed by atoms with Crippen molar-refractivity contribution in [3.05, 3.63) is 11.6 Å². The van der Waals surface area contributed by atoms with Gasteiger partial charge in [0.2, 0.25) is 5.91 Å². The van der Waals surface area contributed by atoms with Crippen LogP contribution in [0.3, 0.4) is 0 Å². The maximum Gasteiger partial charge on any atom is 0.241 e. The van der Waals surface area contributed by atoms with E-state index in [-0.39, 0.29) is 5.91 Å². The lowest BCUT2D eigenvalue weighted by molar-refractivity contribution is -0.113. The first-order chi connectivity index (χ1) is 4.16. The van der Waals surface area contributed by atoms with Gasteiger partial charge < -0.3 is 5.73 Å². The predicted molar refractivity (Wildman–Crippen MR) is 37.9 cm³/mol. The van der Waals surface area contributed by atoms with Gasteiger partial charge >= 0.3 is 0 Å². The van der Waals surface area contributed by atoms with Crippen LogP contribution in [0.5, 0.6) is 0 Å². The van der Waals surface area contributed by atoms with E-state index in [4.69, 9.17) is 5.73 Å². The summed E-state index contributed by atoms with van der Waals surface area (Å²) in [5.41, 5.74) is 5.97. The summed E-state index contributed by atoms with van der Waals surface area (Å²) in [5, 5.41) is 0. The molecule has 0 heterocycles. The molecule has 2 nitrogen and oxygen atoms in total. The second-order valence-corrected chi connectivity index (χ2v) is 2.14. The molecule has 0 aliphatic carbocycles. The summed E-state index contributed by atoms with van der Waals surface area (Å²) in [4.78, 5) is 10.2. The van der Waals surface area contributed by atoms with E-state index in [0.29, 0.717) is 0 Å². The molecule has 2 N–H and O–H groups in total. The molecular weight excluding hydrogens is 114 g/mol. The van der Waals surface area contributed by atoms with Crippen molar-refractivity contribution in [3.8, 4) is 0 Å². The van der Waals surface area contributed by atoms with Crippen molar-refractivity contribution in [1.29, 1.82) is 0 Å². The van der Waals surface area contributed by atoms with Gasteiger partial charge in [0.25, 0.3) is 0 Å². The molecule has 0 rings (SSSR count). The Balaban J connectivity index is 3.69. The number of nitrogens with two attached hydrogens (primary N) is 1. The smallest absolute Gasteiger partial charge is 0.241 e. The van der Waals surface area contributed by atoms with Crippen molar-refractivity contribution in [2.75, 3.05) is 0 Å². The van der Waals surface area contributed by atoms with Crippen LogP contribution in [0.2, 0.25) is 0 Å². The van der Waals surface area contributed by atoms with E-state index in [9.17, 15) is 4.79 Å². The number of primary amides is 1. The number of hydrogen-bond donors (Lipinski definition) is 1. The standard InChI is InChI=1S/C7H13NO/c1-3-4-6(2)5-7(8)9/h5H,3-4H2,1-2H3,(H2,8,9)/b6-5+. The highest BCUT2D eigenvalue weighted by molar-refractivity contribution is 5.86. The average Bonchev–Trinajstić information content (AvgIpc) is 1.63. The van der Waals surface area contributed by atoms with Crippen molar-refractivity contribution in [3.63, 3.8) is 0 Å². The molecule has 0 fully saturated rings. The van der Waals surface area contributed by atoms with E-state index >= 15 is 0 Å². The molecule has 2 heteroatoms. The Bertz CT molecular complexity index is 127. The van der Waals surface area contributed by atoms with Gasteiger partial charge in [0.15, 0.2) is 0 Å². The summed E-state index contributed by atoms with van der Waals surface area (Å²) in [7, 11) is 0. The molecule has 0 aliphatic rings. The number of carbonyl (C=O) groups is 1. The molecule has 0 bridgehead atoms. The normalized spacial score (nSPS) is 11.6. The lowest BCUT2D eigenvalue weighted by Crippen LogP contribution is -2.06. The summed E-state index contributed by atoms with van der Waals surface area (Å²) in [5.74, 6) is -0.346. The van der Waals surface area contributed by atoms with Crippen LogP contribution in [0.4, 0.5) is 0 Å². The first kappa shape index (κ1) is 8.21. The Morgan fingerprint density at radius 1 is 1.67 bits per heavy atom. The highest BCUT2D eigenvalue weighted by Gasteiger charge is 1.88. The van der Waals surface area contributed by atoms with E-state index < -0.39 is 0 Å². The fourth-order valence-electron chi connectivity index (χ4n) is 0.709. The van der Waals surface area contributed by atoms with Crippen LogP contribution in [0, 0.1) is 0 Å². The third kappa shape index (κ3) is 5.07. The summed E-state index contributed by atoms with van der Waals surface area (Å²) in [6, 6.07) is 0. The average molecular weight is 127 g/mol. The fourth-order valence-corrected chi connectivity index (χ4v) is 0.709. The quantitative estimate of drug-likeness (QED) is 0.569. The van der Waals surface area contributed by atoms with Gasteiger partial charge in [-0.25, -0.2) is 0 Å². The molecule has 0 aromatic rings. The highest BCUT2D eigenvalue weighted by Crippen LogP contribution is 2.00. The highest BCUT2D eigenvalue weighted by atomic mass is 16.1. The summed E-state index contributed by atoms with van der Waals surface area (Å²) >= 11 is 0. The molecule has 0 saturated heterocycles. The van der Waals surface area contributed by atoms with Crippen LogP contribution >= 0.6 is 0 Å². The van der Waals surface area contributed by atoms with Gasteiger partial charge in [-0.2, -0.15) is 0 Å². The van der Waals surface area contributed by atoms with E-state index in [1.54, 1.807) is 0 Å². The Hall–Kier alpha value is -0.790. The Morgan fingerprint density at radius 3 is 2.56 bits per heavy atom. The van der Waals surface area contributed by atoms with Gasteiger partial charge in [0.05, 0.1) is 0 Å². The minimum absolute atomic E-state index is 0.346. The predicted octanol–water partition coefficient (Wildman–Crippen LogP) is 1.22. The molecule has 0 aromatic heterocycles. The van der Waals surface area contributed by atoms with E-state index in [1.165, 1.54) is 6.08 Å². The molecule has 0 aromatic carbocycles. The number of amides is 1. The van der Waals surface area contributed by atoms with Gasteiger partial charge in [-0.15, -0.1) is 0 Å². The van der Waals surface area contributed by atoms with E-state index in [0.717, 1.165) is 18.4 Å². The summed E-state index contributed by atoms with van der Waals surface area (Å²) in [6.45, 7) is 3.98. The molecule has 0 aliphatic heterocycles. The number of carbonyl (C=O) groups excluding carboxylic acids is 1. The molecule has 0 spiro atoms. The zero-order valence-electron chi connectivity index (χ0n) is 5.98. The first-order valence-electron chi connectivity index (χ1n) is 3.13. The minimum atomic E-state index is -0.346. The third-order valence-corrected chi connectivity index (χ3v) is 1.03. The Morgan fingerprint density at radius 2 is 2.22 bits per heavy atom. The molecular formula is C7H13NO. The van der Waals surface area contributed by atoms with Crippen LogP contribution in [0.25, 0.3) is 0 Å². The molecule has 0 saturated carbocycles. The Labute approximate surface area is 55.7 Å². The molecule has 9 heavy (non-hydrogen) atoms. The van der Waals surface area contributed by atoms with Crippen molar-refractivity contribution >= 4 is 5.91 Å². The van der Waals surface area contributed by atoms with Crippen LogP contribution in [0.15, 0.2) is 11.6 Å². The van der Waals surface area contributed by atoms with Crippen molar-refractivity contribution in [1.82, 2.24) is 0 Å². The van der Waals surface area contributed by atoms with Crippen molar-refractivity contribution in [2.24, 2.45) is 5.73 Å². The minimum Gasteiger partial charge on any atom is -0.366 e. The van der Waals surface area contributed by atoms with Gasteiger partial charge in [0, 0.05) is 6.08 Å². The zero-order chi connectivity index (χ0) is 7.28. The lowest BCUT2D eigenvalue weighted by atomic mass is 10.2. The molecule has 0 unspecified atom stereocenters. The Kier molecular flexibility index (Phi) is 3.76. The van der Waals surface area contributed by atoms with Gasteiger partial charge in [-0.05, 0) is 13.3 Å². The third-order valence-electron chi connectivity index (χ3n) is 1.03. The van der Waals surface area contributed by atoms with Crippen LogP contribution < -0.4 is 5.73 Å². The van der Waals surface area contributed by atoms with Crippen molar-refractivity contribution < 1.29 is 4.79 Å². The topological polar surface area (TPSA) is 43.1 Å². The lowest BCUT2D eigenvalue weighted by Gasteiger charge is -1.92. The van der Waals surface area contributed by atoms with E-state index in [1.807, 2.05) is 6.92 Å². The maximum atomic E-state index is 10.2. The number of hydrogen-bond acceptors (Lipinski definition) is 1. The first-order valence-corrected chi connectivity index (χ1v) is 3.13. The molecule has 0 radical (unpaired) electrons. The largest absolute Gasteiger partial charge is 0.366 e. The number of rotatable bonds is 3. The van der Waals surface area contributed by atoms with Crippen LogP contribution in [-0.4, -0.2) is 5.91 Å². The van der Waals surface area contributed by atoms with Crippen molar-refractivity contribution in [2.45, 2.75) is 26.7 Å². The summed E-state index contributed by atoms with van der Waals surface area (Å²) in [6.07, 6.45) is 3.50. The monoisotopic (exact) mass is 127 g/mol. The van der Waals surface area contributed by atoms with Crippen LogP contribution in [0.1, 0.15) is 26.7 Å². The molecule has 0 atom stereocenters. The van der Waals surface area contributed by atoms with Crippen LogP contribution in [-0.2, 0) is 4.79 Å². The zero-order valence-corrected chi connectivity index (χ0v) is 5.98. The maximum absolute atomic E-state index is 10.2. The fraction of sp³-hybridized carbons (Fsp3) is 0.571.